The average Bonchev–Trinajstić information content (AvgIpc) is 2.81. The van der Waals surface area contributed by atoms with E-state index in [9.17, 15) is 9.59 Å². The van der Waals surface area contributed by atoms with Crippen LogP contribution >= 0.6 is 23.4 Å². The molecule has 0 bridgehead atoms. The molecule has 3 aromatic rings. The number of nitrogens with zero attached hydrogens (tertiary/aromatic N) is 4. The van der Waals surface area contributed by atoms with Gasteiger partial charge in [-0.2, -0.15) is 0 Å². The van der Waals surface area contributed by atoms with Crippen LogP contribution in [0.25, 0.3) is 11.2 Å². The Bertz CT molecular complexity index is 1160. The highest BCUT2D eigenvalue weighted by atomic mass is 35.5. The Morgan fingerprint density at radius 3 is 2.72 bits per heavy atom. The molecule has 1 atom stereocenters. The van der Waals surface area contributed by atoms with Crippen LogP contribution in [0.2, 0.25) is 5.02 Å². The molecule has 2 aromatic heterocycles. The normalized spacial score (nSPS) is 15.6. The third kappa shape index (κ3) is 5.13. The standard InChI is InChI=1S/C23H26ClN5O2S/c1-2-18(21(30)27-16-9-4-3-5-10-16)32-23-28-20-19(25-12-13-26-20)22(31)29(23)14-15-8-6-7-11-17(15)24/h6-8,11-13,16,18H,2-5,9-10,14H2,1H3,(H,27,30)/t18-/m0/s1. The Hall–Kier alpha value is -2.45. The van der Waals surface area contributed by atoms with E-state index in [1.54, 1.807) is 10.6 Å². The monoisotopic (exact) mass is 471 g/mol. The van der Waals surface area contributed by atoms with Crippen LogP contribution in [-0.2, 0) is 11.3 Å². The molecule has 0 radical (unpaired) electrons. The van der Waals surface area contributed by atoms with Gasteiger partial charge in [-0.05, 0) is 30.9 Å². The van der Waals surface area contributed by atoms with Crippen molar-refractivity contribution in [2.24, 2.45) is 0 Å². The van der Waals surface area contributed by atoms with Crippen LogP contribution in [0.3, 0.4) is 0 Å². The van der Waals surface area contributed by atoms with E-state index in [0.29, 0.717) is 16.6 Å². The maximum absolute atomic E-state index is 13.3. The van der Waals surface area contributed by atoms with E-state index in [4.69, 9.17) is 11.6 Å². The lowest BCUT2D eigenvalue weighted by atomic mass is 9.95. The Balaban J connectivity index is 1.67. The lowest BCUT2D eigenvalue weighted by Crippen LogP contribution is -2.41. The van der Waals surface area contributed by atoms with E-state index in [2.05, 4.69) is 20.3 Å². The van der Waals surface area contributed by atoms with Crippen LogP contribution in [0, 0.1) is 0 Å². The van der Waals surface area contributed by atoms with Gasteiger partial charge < -0.3 is 5.32 Å². The molecular weight excluding hydrogens is 446 g/mol. The van der Waals surface area contributed by atoms with Gasteiger partial charge in [0.05, 0.1) is 11.8 Å². The number of amides is 1. The summed E-state index contributed by atoms with van der Waals surface area (Å²) in [5.74, 6) is -0.0119. The highest BCUT2D eigenvalue weighted by molar-refractivity contribution is 8.00. The van der Waals surface area contributed by atoms with Crippen molar-refractivity contribution in [3.8, 4) is 0 Å². The first kappa shape index (κ1) is 22.7. The first-order valence-electron chi connectivity index (χ1n) is 11.0. The minimum absolute atomic E-state index is 0.0119. The SMILES string of the molecule is CC[C@H](Sc1nc2nccnc2c(=O)n1Cc1ccccc1Cl)C(=O)NC1CCCCC1. The van der Waals surface area contributed by atoms with Gasteiger partial charge in [-0.1, -0.05) is 67.7 Å². The molecule has 0 spiro atoms. The van der Waals surface area contributed by atoms with Crippen LogP contribution in [0.1, 0.15) is 51.0 Å². The molecule has 168 valence electrons. The van der Waals surface area contributed by atoms with Crippen molar-refractivity contribution in [3.63, 3.8) is 0 Å². The first-order valence-corrected chi connectivity index (χ1v) is 12.2. The van der Waals surface area contributed by atoms with E-state index in [1.807, 2.05) is 25.1 Å². The third-order valence-corrected chi connectivity index (χ3v) is 7.43. The highest BCUT2D eigenvalue weighted by Gasteiger charge is 2.25. The quantitative estimate of drug-likeness (QED) is 0.410. The van der Waals surface area contributed by atoms with Crippen molar-refractivity contribution in [1.82, 2.24) is 24.8 Å². The number of rotatable bonds is 7. The number of benzene rings is 1. The van der Waals surface area contributed by atoms with E-state index >= 15 is 0 Å². The zero-order valence-corrected chi connectivity index (χ0v) is 19.5. The van der Waals surface area contributed by atoms with E-state index in [1.165, 1.54) is 30.6 Å². The van der Waals surface area contributed by atoms with Crippen molar-refractivity contribution in [2.45, 2.75) is 68.4 Å². The number of hydrogen-bond acceptors (Lipinski definition) is 6. The summed E-state index contributed by atoms with van der Waals surface area (Å²) < 4.78 is 1.54. The second-order valence-corrected chi connectivity index (χ2v) is 9.54. The minimum atomic E-state index is -0.365. The second kappa shape index (κ2) is 10.4. The molecule has 1 amide bonds. The Labute approximate surface area is 196 Å². The topological polar surface area (TPSA) is 89.8 Å². The maximum atomic E-state index is 13.3. The number of nitrogens with one attached hydrogen (secondary N) is 1. The number of carbonyl (C=O) groups excluding carboxylic acids is 1. The Kier molecular flexibility index (Phi) is 7.42. The summed E-state index contributed by atoms with van der Waals surface area (Å²) >= 11 is 7.65. The zero-order valence-electron chi connectivity index (χ0n) is 18.0. The number of aromatic nitrogens is 4. The molecule has 0 saturated heterocycles. The van der Waals surface area contributed by atoms with Gasteiger partial charge in [0.15, 0.2) is 16.3 Å². The summed E-state index contributed by atoms with van der Waals surface area (Å²) in [4.78, 5) is 39.3. The van der Waals surface area contributed by atoms with Gasteiger partial charge in [-0.15, -0.1) is 0 Å². The van der Waals surface area contributed by atoms with Crippen LogP contribution in [0.4, 0.5) is 0 Å². The summed E-state index contributed by atoms with van der Waals surface area (Å²) in [6.07, 6.45) is 9.17. The molecule has 1 fully saturated rings. The van der Waals surface area contributed by atoms with Gasteiger partial charge >= 0.3 is 0 Å². The van der Waals surface area contributed by atoms with Crippen molar-refractivity contribution in [2.75, 3.05) is 0 Å². The molecule has 9 heteroatoms. The number of halogens is 1. The fraction of sp³-hybridized carbons (Fsp3) is 0.435. The molecule has 2 heterocycles. The van der Waals surface area contributed by atoms with Crippen LogP contribution in [0.15, 0.2) is 46.6 Å². The number of carbonyl (C=O) groups is 1. The highest BCUT2D eigenvalue weighted by Crippen LogP contribution is 2.27. The molecule has 0 unspecified atom stereocenters. The van der Waals surface area contributed by atoms with Gasteiger partial charge in [-0.3, -0.25) is 14.2 Å². The molecule has 0 aliphatic heterocycles. The fourth-order valence-corrected chi connectivity index (χ4v) is 5.15. The maximum Gasteiger partial charge on any atom is 0.282 e. The summed E-state index contributed by atoms with van der Waals surface area (Å²) in [6.45, 7) is 2.20. The number of thioether (sulfide) groups is 1. The van der Waals surface area contributed by atoms with Crippen molar-refractivity contribution in [3.05, 3.63) is 57.6 Å². The zero-order chi connectivity index (χ0) is 22.5. The van der Waals surface area contributed by atoms with Gasteiger partial charge in [0.2, 0.25) is 5.91 Å². The van der Waals surface area contributed by atoms with Crippen molar-refractivity contribution >= 4 is 40.4 Å². The summed E-state index contributed by atoms with van der Waals surface area (Å²) in [6, 6.07) is 7.61. The minimum Gasteiger partial charge on any atom is -0.352 e. The molecule has 4 rings (SSSR count). The average molecular weight is 472 g/mol. The first-order chi connectivity index (χ1) is 15.6. The predicted octanol–water partition coefficient (Wildman–Crippen LogP) is 4.21. The van der Waals surface area contributed by atoms with Crippen LogP contribution < -0.4 is 10.9 Å². The largest absolute Gasteiger partial charge is 0.352 e. The number of hydrogen-bond donors (Lipinski definition) is 1. The van der Waals surface area contributed by atoms with Gasteiger partial charge in [0.25, 0.3) is 5.56 Å². The Morgan fingerprint density at radius 1 is 1.22 bits per heavy atom. The van der Waals surface area contributed by atoms with Gasteiger partial charge in [0.1, 0.15) is 0 Å². The molecule has 1 aliphatic rings. The lowest BCUT2D eigenvalue weighted by Gasteiger charge is -2.25. The summed E-state index contributed by atoms with van der Waals surface area (Å²) in [5, 5.41) is 3.84. The molecular formula is C23H26ClN5O2S. The molecule has 32 heavy (non-hydrogen) atoms. The third-order valence-electron chi connectivity index (χ3n) is 5.71. The van der Waals surface area contributed by atoms with Gasteiger partial charge in [0, 0.05) is 23.5 Å². The Morgan fingerprint density at radius 2 is 1.97 bits per heavy atom. The van der Waals surface area contributed by atoms with E-state index in [-0.39, 0.29) is 40.5 Å². The van der Waals surface area contributed by atoms with Crippen molar-refractivity contribution in [1.29, 1.82) is 0 Å². The van der Waals surface area contributed by atoms with Crippen LogP contribution in [-0.4, -0.2) is 36.7 Å². The number of fused-ring (bicyclic) bond motifs is 1. The van der Waals surface area contributed by atoms with Crippen molar-refractivity contribution < 1.29 is 4.79 Å². The summed E-state index contributed by atoms with van der Waals surface area (Å²) in [5.41, 5.74) is 0.970. The molecule has 1 saturated carbocycles. The van der Waals surface area contributed by atoms with Crippen LogP contribution in [0.5, 0.6) is 0 Å². The lowest BCUT2D eigenvalue weighted by molar-refractivity contribution is -0.121. The summed E-state index contributed by atoms with van der Waals surface area (Å²) in [7, 11) is 0. The smallest absolute Gasteiger partial charge is 0.282 e. The molecule has 1 aliphatic carbocycles. The molecule has 7 nitrogen and oxygen atoms in total. The molecule has 1 N–H and O–H groups in total. The fourth-order valence-electron chi connectivity index (χ4n) is 3.95. The second-order valence-electron chi connectivity index (χ2n) is 7.96. The predicted molar refractivity (Wildman–Crippen MR) is 127 cm³/mol. The van der Waals surface area contributed by atoms with Gasteiger partial charge in [-0.25, -0.2) is 15.0 Å². The molecule has 1 aromatic carbocycles. The van der Waals surface area contributed by atoms with E-state index < -0.39 is 0 Å². The van der Waals surface area contributed by atoms with E-state index in [0.717, 1.165) is 31.2 Å².